The van der Waals surface area contributed by atoms with Crippen LogP contribution in [0.1, 0.15) is 6.92 Å². The van der Waals surface area contributed by atoms with E-state index in [1.165, 1.54) is 19.5 Å². The first-order valence-corrected chi connectivity index (χ1v) is 9.24. The van der Waals surface area contributed by atoms with E-state index in [1.54, 1.807) is 13.1 Å². The number of aromatic nitrogens is 2. The maximum Gasteiger partial charge on any atom is 0.159 e. The molecule has 154 valence electrons. The Bertz CT molecular complexity index is 1160. The molecular weight excluding hydrogens is 386 g/mol. The zero-order chi connectivity index (χ0) is 21.7. The Hall–Kier alpha value is -3.61. The standard InChI is InChI=1S/C23H22F2N4O/c1-14(5-6-15(2)26-3)12-27-23-18-9-17(16-7-8-19(24)20(25)10-16)11-21(30-4)22(18)28-13-29-23/h5-11,13H,1,12H2,2-4H3,(H,27,28,29)/b6-5-,26-15?. The van der Waals surface area contributed by atoms with Gasteiger partial charge in [-0.3, -0.25) is 4.99 Å². The zero-order valence-corrected chi connectivity index (χ0v) is 17.0. The second-order valence-corrected chi connectivity index (χ2v) is 6.64. The van der Waals surface area contributed by atoms with Gasteiger partial charge in [-0.15, -0.1) is 0 Å². The van der Waals surface area contributed by atoms with Gasteiger partial charge in [-0.05, 0) is 54.0 Å². The maximum absolute atomic E-state index is 13.7. The fourth-order valence-corrected chi connectivity index (χ4v) is 2.84. The highest BCUT2D eigenvalue weighted by molar-refractivity contribution is 5.96. The molecule has 1 heterocycles. The number of aliphatic imine (C=N–C) groups is 1. The molecule has 0 spiro atoms. The molecule has 0 unspecified atom stereocenters. The van der Waals surface area contributed by atoms with Gasteiger partial charge in [0.15, 0.2) is 11.6 Å². The van der Waals surface area contributed by atoms with Gasteiger partial charge >= 0.3 is 0 Å². The van der Waals surface area contributed by atoms with Crippen LogP contribution in [0.5, 0.6) is 5.75 Å². The molecule has 0 saturated heterocycles. The summed E-state index contributed by atoms with van der Waals surface area (Å²) in [4.78, 5) is 12.7. The minimum absolute atomic E-state index is 0.456. The maximum atomic E-state index is 13.7. The van der Waals surface area contributed by atoms with Crippen LogP contribution in [-0.2, 0) is 0 Å². The number of allylic oxidation sites excluding steroid dienone is 1. The van der Waals surface area contributed by atoms with Gasteiger partial charge in [-0.25, -0.2) is 18.7 Å². The summed E-state index contributed by atoms with van der Waals surface area (Å²) in [5, 5.41) is 3.94. The van der Waals surface area contributed by atoms with Crippen LogP contribution in [0.3, 0.4) is 0 Å². The average molecular weight is 408 g/mol. The summed E-state index contributed by atoms with van der Waals surface area (Å²) in [6, 6.07) is 7.32. The lowest BCUT2D eigenvalue weighted by atomic mass is 10.0. The molecule has 30 heavy (non-hydrogen) atoms. The Kier molecular flexibility index (Phi) is 6.51. The van der Waals surface area contributed by atoms with Crippen molar-refractivity contribution in [3.05, 3.63) is 72.6 Å². The molecule has 0 aliphatic carbocycles. The minimum atomic E-state index is -0.914. The van der Waals surface area contributed by atoms with Crippen molar-refractivity contribution >= 4 is 22.4 Å². The molecule has 0 bridgehead atoms. The predicted molar refractivity (Wildman–Crippen MR) is 117 cm³/mol. The fraction of sp³-hybridized carbons (Fsp3) is 0.174. The first-order chi connectivity index (χ1) is 14.4. The largest absolute Gasteiger partial charge is 0.494 e. The smallest absolute Gasteiger partial charge is 0.159 e. The summed E-state index contributed by atoms with van der Waals surface area (Å²) >= 11 is 0. The quantitative estimate of drug-likeness (QED) is 0.431. The highest BCUT2D eigenvalue weighted by Crippen LogP contribution is 2.34. The number of benzene rings is 2. The molecule has 2 aromatic carbocycles. The Morgan fingerprint density at radius 1 is 1.13 bits per heavy atom. The molecule has 0 fully saturated rings. The van der Waals surface area contributed by atoms with E-state index in [0.717, 1.165) is 23.4 Å². The van der Waals surface area contributed by atoms with Gasteiger partial charge in [0.05, 0.1) is 7.11 Å². The first kappa shape index (κ1) is 21.1. The molecule has 0 aliphatic rings. The minimum Gasteiger partial charge on any atom is -0.494 e. The number of ether oxygens (including phenoxy) is 1. The van der Waals surface area contributed by atoms with Gasteiger partial charge in [-0.1, -0.05) is 18.7 Å². The van der Waals surface area contributed by atoms with Crippen LogP contribution in [0.2, 0.25) is 0 Å². The van der Waals surface area contributed by atoms with Gasteiger partial charge in [-0.2, -0.15) is 0 Å². The van der Waals surface area contributed by atoms with Crippen LogP contribution in [0.15, 0.2) is 66.0 Å². The number of hydrogen-bond donors (Lipinski definition) is 1. The number of rotatable bonds is 7. The third-order valence-corrected chi connectivity index (χ3v) is 4.57. The number of halogens is 2. The number of fused-ring (bicyclic) bond motifs is 1. The van der Waals surface area contributed by atoms with Gasteiger partial charge in [0.1, 0.15) is 23.4 Å². The van der Waals surface area contributed by atoms with Crippen LogP contribution in [0.4, 0.5) is 14.6 Å². The van der Waals surface area contributed by atoms with E-state index in [9.17, 15) is 8.78 Å². The van der Waals surface area contributed by atoms with Crippen LogP contribution >= 0.6 is 0 Å². The molecule has 0 amide bonds. The number of nitrogens with one attached hydrogen (secondary N) is 1. The van der Waals surface area contributed by atoms with E-state index in [-0.39, 0.29) is 0 Å². The molecule has 0 saturated carbocycles. The van der Waals surface area contributed by atoms with E-state index in [1.807, 2.05) is 25.1 Å². The van der Waals surface area contributed by atoms with Crippen molar-refractivity contribution in [1.82, 2.24) is 9.97 Å². The molecule has 7 heteroatoms. The lowest BCUT2D eigenvalue weighted by Crippen LogP contribution is -2.06. The van der Waals surface area contributed by atoms with Gasteiger partial charge in [0.2, 0.25) is 0 Å². The van der Waals surface area contributed by atoms with E-state index in [2.05, 4.69) is 26.9 Å². The lowest BCUT2D eigenvalue weighted by molar-refractivity contribution is 0.419. The van der Waals surface area contributed by atoms with Crippen molar-refractivity contribution in [3.63, 3.8) is 0 Å². The summed E-state index contributed by atoms with van der Waals surface area (Å²) in [6.07, 6.45) is 5.20. The Morgan fingerprint density at radius 3 is 2.63 bits per heavy atom. The van der Waals surface area contributed by atoms with E-state index in [0.29, 0.717) is 40.1 Å². The lowest BCUT2D eigenvalue weighted by Gasteiger charge is -2.13. The molecule has 3 aromatic rings. The topological polar surface area (TPSA) is 59.4 Å². The van der Waals surface area contributed by atoms with E-state index in [4.69, 9.17) is 4.74 Å². The highest BCUT2D eigenvalue weighted by atomic mass is 19.2. The predicted octanol–water partition coefficient (Wildman–Crippen LogP) is 5.20. The zero-order valence-electron chi connectivity index (χ0n) is 17.0. The highest BCUT2D eigenvalue weighted by Gasteiger charge is 2.13. The summed E-state index contributed by atoms with van der Waals surface area (Å²) in [6.45, 7) is 6.38. The van der Waals surface area contributed by atoms with Crippen LogP contribution in [0, 0.1) is 11.6 Å². The summed E-state index contributed by atoms with van der Waals surface area (Å²) in [5.41, 5.74) is 3.52. The van der Waals surface area contributed by atoms with Crippen molar-refractivity contribution in [2.75, 3.05) is 26.0 Å². The second kappa shape index (κ2) is 9.26. The Labute approximate surface area is 173 Å². The van der Waals surface area contributed by atoms with Gasteiger partial charge < -0.3 is 10.1 Å². The van der Waals surface area contributed by atoms with Gasteiger partial charge in [0.25, 0.3) is 0 Å². The number of anilines is 1. The van der Waals surface area contributed by atoms with Crippen molar-refractivity contribution in [2.45, 2.75) is 6.92 Å². The summed E-state index contributed by atoms with van der Waals surface area (Å²) in [5.74, 6) is -0.723. The molecular formula is C23H22F2N4O. The second-order valence-electron chi connectivity index (χ2n) is 6.64. The van der Waals surface area contributed by atoms with Crippen LogP contribution in [0.25, 0.3) is 22.0 Å². The summed E-state index contributed by atoms with van der Waals surface area (Å²) < 4.78 is 32.5. The molecule has 0 radical (unpaired) electrons. The first-order valence-electron chi connectivity index (χ1n) is 9.24. The average Bonchev–Trinajstić information content (AvgIpc) is 2.76. The van der Waals surface area contributed by atoms with Crippen molar-refractivity contribution in [2.24, 2.45) is 4.99 Å². The monoisotopic (exact) mass is 408 g/mol. The number of nitrogens with zero attached hydrogens (tertiary/aromatic N) is 3. The SMILES string of the molecule is C=C(/C=C\C(C)=NC)CNc1ncnc2c(OC)cc(-c3ccc(F)c(F)c3)cc12. The molecule has 3 rings (SSSR count). The molecule has 1 aromatic heterocycles. The number of methoxy groups -OCH3 is 1. The third-order valence-electron chi connectivity index (χ3n) is 4.57. The van der Waals surface area contributed by atoms with Crippen molar-refractivity contribution in [3.8, 4) is 16.9 Å². The number of hydrogen-bond acceptors (Lipinski definition) is 5. The van der Waals surface area contributed by atoms with E-state index < -0.39 is 11.6 Å². The van der Waals surface area contributed by atoms with Gasteiger partial charge in [0, 0.05) is 24.7 Å². The van der Waals surface area contributed by atoms with Crippen LogP contribution < -0.4 is 10.1 Å². The van der Waals surface area contributed by atoms with Crippen LogP contribution in [-0.4, -0.2) is 36.4 Å². The Morgan fingerprint density at radius 2 is 1.93 bits per heavy atom. The van der Waals surface area contributed by atoms with Crippen molar-refractivity contribution in [1.29, 1.82) is 0 Å². The summed E-state index contributed by atoms with van der Waals surface area (Å²) in [7, 11) is 3.26. The van der Waals surface area contributed by atoms with Crippen molar-refractivity contribution < 1.29 is 13.5 Å². The normalized spacial score (nSPS) is 11.8. The fourth-order valence-electron chi connectivity index (χ4n) is 2.84. The molecule has 5 nitrogen and oxygen atoms in total. The molecule has 0 aliphatic heterocycles. The molecule has 0 atom stereocenters. The Balaban J connectivity index is 1.98. The van der Waals surface area contributed by atoms with E-state index >= 15 is 0 Å². The third kappa shape index (κ3) is 4.68. The molecule has 1 N–H and O–H groups in total.